The van der Waals surface area contributed by atoms with Crippen molar-refractivity contribution in [3.05, 3.63) is 42.0 Å². The van der Waals surface area contributed by atoms with Crippen LogP contribution in [0.25, 0.3) is 0 Å². The molecule has 0 N–H and O–H groups in total. The summed E-state index contributed by atoms with van der Waals surface area (Å²) in [4.78, 5) is 0. The van der Waals surface area contributed by atoms with Crippen molar-refractivity contribution in [3.8, 4) is 0 Å². The summed E-state index contributed by atoms with van der Waals surface area (Å²) in [5.41, 5.74) is 3.18. The van der Waals surface area contributed by atoms with Crippen LogP contribution in [0, 0.1) is 0 Å². The summed E-state index contributed by atoms with van der Waals surface area (Å²) >= 11 is -2.87. The maximum absolute atomic E-state index is 2.87. The molecule has 0 aromatic carbocycles. The van der Waals surface area contributed by atoms with Crippen molar-refractivity contribution in [2.45, 2.75) is 48.8 Å². The van der Waals surface area contributed by atoms with Crippen molar-refractivity contribution in [2.24, 2.45) is 0 Å². The minimum absolute atomic E-state index is 0. The van der Waals surface area contributed by atoms with Gasteiger partial charge in [0, 0.05) is 0 Å². The van der Waals surface area contributed by atoms with Crippen LogP contribution >= 0.6 is 24.8 Å². The fourth-order valence-corrected chi connectivity index (χ4v) is 24.1. The van der Waals surface area contributed by atoms with Gasteiger partial charge in [-0.3, -0.25) is 0 Å². The maximum atomic E-state index is 2.46. The Bertz CT molecular complexity index is 515. The molecule has 0 saturated carbocycles. The molecule has 20 heavy (non-hydrogen) atoms. The van der Waals surface area contributed by atoms with Crippen molar-refractivity contribution >= 4 is 31.7 Å². The van der Waals surface area contributed by atoms with E-state index in [0.29, 0.717) is 0 Å². The summed E-state index contributed by atoms with van der Waals surface area (Å²) in [5, 5.41) is 0. The van der Waals surface area contributed by atoms with E-state index >= 15 is 0 Å². The molecule has 0 aromatic heterocycles. The van der Waals surface area contributed by atoms with Crippen LogP contribution in [0.5, 0.6) is 0 Å². The molecule has 0 bridgehead atoms. The average Bonchev–Trinajstić information content (AvgIpc) is 2.98. The van der Waals surface area contributed by atoms with E-state index in [2.05, 4.69) is 58.9 Å². The van der Waals surface area contributed by atoms with Gasteiger partial charge in [0.05, 0.1) is 0 Å². The molecular weight excluding hydrogens is 382 g/mol. The molecule has 0 saturated heterocycles. The Morgan fingerprint density at radius 1 is 0.900 bits per heavy atom. The number of hydrogen-bond donors (Lipinski definition) is 0. The van der Waals surface area contributed by atoms with Gasteiger partial charge in [0.15, 0.2) is 0 Å². The molecular formula is C16H28Cl2SiZr. The van der Waals surface area contributed by atoms with E-state index in [9.17, 15) is 0 Å². The van der Waals surface area contributed by atoms with E-state index in [1.165, 1.54) is 21.1 Å². The van der Waals surface area contributed by atoms with Crippen molar-refractivity contribution in [1.29, 1.82) is 0 Å². The molecule has 0 aliphatic heterocycles. The molecule has 0 atom stereocenters. The summed E-state index contributed by atoms with van der Waals surface area (Å²) in [7, 11) is 0. The fourth-order valence-electron chi connectivity index (χ4n) is 4.08. The topological polar surface area (TPSA) is 0 Å². The van der Waals surface area contributed by atoms with Crippen molar-refractivity contribution in [1.82, 2.24) is 0 Å². The number of halogens is 2. The van der Waals surface area contributed by atoms with E-state index in [0.717, 1.165) is 0 Å². The Kier molecular flexibility index (Phi) is 7.50. The summed E-state index contributed by atoms with van der Waals surface area (Å²) < 4.78 is 6.58. The van der Waals surface area contributed by atoms with Crippen LogP contribution in [0.1, 0.15) is 40.5 Å². The van der Waals surface area contributed by atoms with E-state index in [1.807, 2.05) is 6.56 Å². The molecule has 0 spiro atoms. The van der Waals surface area contributed by atoms with Gasteiger partial charge in [-0.05, 0) is 0 Å². The Hall–Kier alpha value is 0.640. The molecule has 2 aliphatic rings. The van der Waals surface area contributed by atoms with Gasteiger partial charge in [-0.15, -0.1) is 24.8 Å². The number of rotatable bonds is 4. The molecule has 0 amide bonds. The first-order valence-corrected chi connectivity index (χ1v) is 19.1. The zero-order valence-electron chi connectivity index (χ0n) is 13.2. The zero-order valence-corrected chi connectivity index (χ0v) is 18.7. The van der Waals surface area contributed by atoms with E-state index < -0.39 is 17.4 Å². The second-order valence-corrected chi connectivity index (χ2v) is 32.2. The van der Waals surface area contributed by atoms with Crippen LogP contribution in [0.2, 0.25) is 8.26 Å². The van der Waals surface area contributed by atoms with E-state index in [4.69, 9.17) is 0 Å². The third kappa shape index (κ3) is 2.91. The van der Waals surface area contributed by atoms with Crippen LogP contribution in [0.3, 0.4) is 0 Å². The number of allylic oxidation sites excluding steroid dienone is 8. The normalized spacial score (nSPS) is 18.4. The molecule has 0 unspecified atom stereocenters. The Labute approximate surface area is 139 Å². The van der Waals surface area contributed by atoms with Crippen molar-refractivity contribution in [3.63, 3.8) is 0 Å². The minimum atomic E-state index is -2.87. The molecule has 114 valence electrons. The predicted molar refractivity (Wildman–Crippen MR) is 96.9 cm³/mol. The zero-order chi connectivity index (χ0) is 13.4. The fraction of sp³-hybridized carbons (Fsp3) is 0.500. The van der Waals surface area contributed by atoms with Crippen LogP contribution < -0.4 is 0 Å². The third-order valence-corrected chi connectivity index (χ3v) is 35.7. The van der Waals surface area contributed by atoms with Gasteiger partial charge < -0.3 is 0 Å². The Morgan fingerprint density at radius 3 is 1.45 bits per heavy atom. The first kappa shape index (κ1) is 20.6. The summed E-state index contributed by atoms with van der Waals surface area (Å²) in [6, 6.07) is 0. The summed E-state index contributed by atoms with van der Waals surface area (Å²) in [6.45, 7) is 12.0. The standard InChI is InChI=1S/2C6H7.2C2H5.2ClH.H2Si.Zr/c2*1-6-4-2-3-5-6;2*1-2;;;;/h2*2,4H,3H2,1H3;2*1H2,2H3;2*1H;1H2;. The van der Waals surface area contributed by atoms with Crippen LogP contribution in [-0.4, -0.2) is 6.88 Å². The molecule has 0 fully saturated rings. The van der Waals surface area contributed by atoms with Crippen LogP contribution in [0.4, 0.5) is 0 Å². The molecule has 2 aliphatic carbocycles. The number of hydrogen-bond acceptors (Lipinski definition) is 0. The SMILES string of the molecule is C[CH2][Zr](=[SiH2])([CH2]C)([C]1=C(C)C=CC1)[C]1=C(C)C=CC1.Cl.Cl. The van der Waals surface area contributed by atoms with Crippen LogP contribution in [0.15, 0.2) is 42.0 Å². The minimum Gasteiger partial charge on any atom is -0.147 e. The van der Waals surface area contributed by atoms with Gasteiger partial charge in [0.2, 0.25) is 0 Å². The Morgan fingerprint density at radius 2 is 1.25 bits per heavy atom. The smallest absolute Gasteiger partial charge is 0.147 e. The third-order valence-electron chi connectivity index (χ3n) is 5.62. The summed E-state index contributed by atoms with van der Waals surface area (Å²) in [6.07, 6.45) is 12.0. The van der Waals surface area contributed by atoms with Gasteiger partial charge in [-0.1, -0.05) is 0 Å². The first-order valence-electron chi connectivity index (χ1n) is 7.24. The van der Waals surface area contributed by atoms with E-state index in [1.54, 1.807) is 11.1 Å². The van der Waals surface area contributed by atoms with Gasteiger partial charge >= 0.3 is 115 Å². The molecule has 0 heterocycles. The molecule has 0 radical (unpaired) electrons. The maximum Gasteiger partial charge on any atom is -0.147 e. The quantitative estimate of drug-likeness (QED) is 0.544. The molecule has 4 heteroatoms. The predicted octanol–water partition coefficient (Wildman–Crippen LogP) is 5.41. The largest absolute Gasteiger partial charge is 0.147 e. The second kappa shape index (κ2) is 7.27. The van der Waals surface area contributed by atoms with Crippen molar-refractivity contribution < 1.29 is 17.4 Å². The first-order chi connectivity index (χ1) is 8.46. The summed E-state index contributed by atoms with van der Waals surface area (Å²) in [5.74, 6) is 0. The Balaban J connectivity index is 0.00000180. The monoisotopic (exact) mass is 408 g/mol. The molecule has 0 nitrogen and oxygen atoms in total. The van der Waals surface area contributed by atoms with Gasteiger partial charge in [0.25, 0.3) is 0 Å². The van der Waals surface area contributed by atoms with Gasteiger partial charge in [0.1, 0.15) is 0 Å². The van der Waals surface area contributed by atoms with Gasteiger partial charge in [-0.2, -0.15) is 0 Å². The average molecular weight is 411 g/mol. The van der Waals surface area contributed by atoms with Crippen molar-refractivity contribution in [2.75, 3.05) is 0 Å². The molecule has 2 rings (SSSR count). The van der Waals surface area contributed by atoms with Gasteiger partial charge in [-0.25, -0.2) is 0 Å². The second-order valence-electron chi connectivity index (χ2n) is 6.18. The van der Waals surface area contributed by atoms with E-state index in [-0.39, 0.29) is 24.8 Å². The molecule has 0 aromatic rings. The van der Waals surface area contributed by atoms with Crippen LogP contribution in [-0.2, 0) is 17.4 Å².